The van der Waals surface area contributed by atoms with E-state index in [-0.39, 0.29) is 0 Å². The second-order valence-corrected chi connectivity index (χ2v) is 4.77. The second kappa shape index (κ2) is 5.69. The lowest BCUT2D eigenvalue weighted by atomic mass is 10.3. The van der Waals surface area contributed by atoms with Crippen LogP contribution in [0.2, 0.25) is 0 Å². The summed E-state index contributed by atoms with van der Waals surface area (Å²) >= 11 is 1.60. The molecule has 3 nitrogen and oxygen atoms in total. The number of ether oxygens (including phenoxy) is 2. The highest BCUT2D eigenvalue weighted by Crippen LogP contribution is 2.36. The number of benzene rings is 2. The topological polar surface area (TPSA) is 44.5 Å². The maximum atomic E-state index is 5.92. The Morgan fingerprint density at radius 2 is 1.67 bits per heavy atom. The molecule has 0 radical (unpaired) electrons. The van der Waals surface area contributed by atoms with E-state index in [1.807, 2.05) is 42.5 Å². The van der Waals surface area contributed by atoms with Crippen LogP contribution in [0.25, 0.3) is 0 Å². The minimum absolute atomic E-state index is 0.719. The molecule has 0 heterocycles. The average Bonchev–Trinajstić information content (AvgIpc) is 2.41. The van der Waals surface area contributed by atoms with Crippen molar-refractivity contribution in [1.82, 2.24) is 0 Å². The maximum absolute atomic E-state index is 5.92. The summed E-state index contributed by atoms with van der Waals surface area (Å²) in [5, 5.41) is 0. The van der Waals surface area contributed by atoms with Crippen LogP contribution in [0.4, 0.5) is 5.69 Å². The van der Waals surface area contributed by atoms with Crippen molar-refractivity contribution in [2.45, 2.75) is 9.79 Å². The summed E-state index contributed by atoms with van der Waals surface area (Å²) in [6, 6.07) is 13.6. The van der Waals surface area contributed by atoms with E-state index in [2.05, 4.69) is 0 Å². The molecular formula is C14H15NO2S. The first-order chi connectivity index (χ1) is 8.74. The van der Waals surface area contributed by atoms with Gasteiger partial charge in [0.2, 0.25) is 0 Å². The first-order valence-corrected chi connectivity index (χ1v) is 6.30. The molecule has 0 aliphatic rings. The van der Waals surface area contributed by atoms with E-state index in [1.165, 1.54) is 0 Å². The van der Waals surface area contributed by atoms with Gasteiger partial charge in [-0.3, -0.25) is 0 Å². The van der Waals surface area contributed by atoms with E-state index >= 15 is 0 Å². The minimum atomic E-state index is 0.719. The molecule has 2 aromatic rings. The normalized spacial score (nSPS) is 10.1. The molecule has 18 heavy (non-hydrogen) atoms. The first-order valence-electron chi connectivity index (χ1n) is 5.49. The van der Waals surface area contributed by atoms with Gasteiger partial charge in [-0.1, -0.05) is 23.9 Å². The molecule has 2 rings (SSSR count). The van der Waals surface area contributed by atoms with Crippen molar-refractivity contribution in [1.29, 1.82) is 0 Å². The molecule has 2 N–H and O–H groups in total. The van der Waals surface area contributed by atoms with Gasteiger partial charge in [-0.05, 0) is 30.3 Å². The van der Waals surface area contributed by atoms with Crippen molar-refractivity contribution >= 4 is 17.4 Å². The number of methoxy groups -OCH3 is 2. The fourth-order valence-corrected chi connectivity index (χ4v) is 2.47. The average molecular weight is 261 g/mol. The van der Waals surface area contributed by atoms with E-state index in [0.717, 1.165) is 27.0 Å². The summed E-state index contributed by atoms with van der Waals surface area (Å²) in [6.07, 6.45) is 0. The van der Waals surface area contributed by atoms with Crippen LogP contribution in [-0.2, 0) is 0 Å². The van der Waals surface area contributed by atoms with Gasteiger partial charge in [-0.15, -0.1) is 0 Å². The van der Waals surface area contributed by atoms with Gasteiger partial charge in [0.15, 0.2) is 11.5 Å². The van der Waals surface area contributed by atoms with Gasteiger partial charge in [0.25, 0.3) is 0 Å². The van der Waals surface area contributed by atoms with Crippen molar-refractivity contribution in [3.8, 4) is 11.5 Å². The summed E-state index contributed by atoms with van der Waals surface area (Å²) in [6.45, 7) is 0. The molecule has 0 saturated carbocycles. The zero-order valence-corrected chi connectivity index (χ0v) is 11.2. The minimum Gasteiger partial charge on any atom is -0.493 e. The number of nitrogen functional groups attached to an aromatic ring is 1. The maximum Gasteiger partial charge on any atom is 0.161 e. The SMILES string of the molecule is COc1ccc(Sc2ccccc2N)cc1OC. The molecule has 0 atom stereocenters. The van der Waals surface area contributed by atoms with Crippen LogP contribution in [-0.4, -0.2) is 14.2 Å². The van der Waals surface area contributed by atoms with Gasteiger partial charge in [-0.25, -0.2) is 0 Å². The summed E-state index contributed by atoms with van der Waals surface area (Å²) in [7, 11) is 3.25. The van der Waals surface area contributed by atoms with Crippen molar-refractivity contribution in [2.75, 3.05) is 20.0 Å². The van der Waals surface area contributed by atoms with E-state index in [1.54, 1.807) is 26.0 Å². The third-order valence-corrected chi connectivity index (χ3v) is 3.58. The molecule has 0 aromatic heterocycles. The van der Waals surface area contributed by atoms with Gasteiger partial charge in [0, 0.05) is 15.5 Å². The fraction of sp³-hybridized carbons (Fsp3) is 0.143. The van der Waals surface area contributed by atoms with Crippen molar-refractivity contribution in [3.05, 3.63) is 42.5 Å². The number of hydrogen-bond donors (Lipinski definition) is 1. The van der Waals surface area contributed by atoms with Gasteiger partial charge in [0.1, 0.15) is 0 Å². The number of hydrogen-bond acceptors (Lipinski definition) is 4. The molecule has 94 valence electrons. The molecule has 0 amide bonds. The molecule has 0 saturated heterocycles. The molecule has 0 bridgehead atoms. The summed E-state index contributed by atoms with van der Waals surface area (Å²) in [5.74, 6) is 1.44. The van der Waals surface area contributed by atoms with Gasteiger partial charge < -0.3 is 15.2 Å². The standard InChI is InChI=1S/C14H15NO2S/c1-16-12-8-7-10(9-13(12)17-2)18-14-6-4-3-5-11(14)15/h3-9H,15H2,1-2H3. The molecule has 0 aliphatic carbocycles. The zero-order valence-electron chi connectivity index (χ0n) is 10.3. The second-order valence-electron chi connectivity index (χ2n) is 3.66. The highest BCUT2D eigenvalue weighted by atomic mass is 32.2. The van der Waals surface area contributed by atoms with E-state index in [9.17, 15) is 0 Å². The zero-order chi connectivity index (χ0) is 13.0. The molecule has 4 heteroatoms. The Kier molecular flexibility index (Phi) is 3.99. The number of nitrogens with two attached hydrogens (primary N) is 1. The van der Waals surface area contributed by atoms with Crippen LogP contribution in [0.1, 0.15) is 0 Å². The van der Waals surface area contributed by atoms with Crippen molar-refractivity contribution in [3.63, 3.8) is 0 Å². The predicted molar refractivity (Wildman–Crippen MR) is 74.5 cm³/mol. The quantitative estimate of drug-likeness (QED) is 0.856. The number of rotatable bonds is 4. The lowest BCUT2D eigenvalue weighted by molar-refractivity contribution is 0.354. The molecular weight excluding hydrogens is 246 g/mol. The van der Waals surface area contributed by atoms with E-state index < -0.39 is 0 Å². The fourth-order valence-electron chi connectivity index (χ4n) is 1.58. The van der Waals surface area contributed by atoms with E-state index in [0.29, 0.717) is 0 Å². The van der Waals surface area contributed by atoms with E-state index in [4.69, 9.17) is 15.2 Å². The Labute approximate surface area is 111 Å². The predicted octanol–water partition coefficient (Wildman–Crippen LogP) is 3.44. The third-order valence-electron chi connectivity index (χ3n) is 2.50. The Bertz CT molecular complexity index is 543. The van der Waals surface area contributed by atoms with Crippen LogP contribution >= 0.6 is 11.8 Å². The molecule has 0 spiro atoms. The van der Waals surface area contributed by atoms with Gasteiger partial charge >= 0.3 is 0 Å². The highest BCUT2D eigenvalue weighted by Gasteiger charge is 2.06. The van der Waals surface area contributed by atoms with Crippen LogP contribution in [0.15, 0.2) is 52.3 Å². The lowest BCUT2D eigenvalue weighted by Crippen LogP contribution is -1.91. The highest BCUT2D eigenvalue weighted by molar-refractivity contribution is 7.99. The Hall–Kier alpha value is -1.81. The Morgan fingerprint density at radius 1 is 0.944 bits per heavy atom. The summed E-state index contributed by atoms with van der Waals surface area (Å²) in [4.78, 5) is 2.09. The van der Waals surface area contributed by atoms with Crippen LogP contribution < -0.4 is 15.2 Å². The first kappa shape index (κ1) is 12.6. The van der Waals surface area contributed by atoms with Crippen LogP contribution in [0.5, 0.6) is 11.5 Å². The van der Waals surface area contributed by atoms with Crippen molar-refractivity contribution < 1.29 is 9.47 Å². The van der Waals surface area contributed by atoms with Gasteiger partial charge in [-0.2, -0.15) is 0 Å². The number of para-hydroxylation sites is 1. The molecule has 2 aromatic carbocycles. The number of anilines is 1. The van der Waals surface area contributed by atoms with Crippen LogP contribution in [0, 0.1) is 0 Å². The lowest BCUT2D eigenvalue weighted by Gasteiger charge is -2.10. The molecule has 0 unspecified atom stereocenters. The smallest absolute Gasteiger partial charge is 0.161 e. The Morgan fingerprint density at radius 3 is 2.33 bits per heavy atom. The summed E-state index contributed by atoms with van der Waals surface area (Å²) < 4.78 is 10.5. The van der Waals surface area contributed by atoms with Crippen LogP contribution in [0.3, 0.4) is 0 Å². The summed E-state index contributed by atoms with van der Waals surface area (Å²) in [5.41, 5.74) is 6.69. The largest absolute Gasteiger partial charge is 0.493 e. The monoisotopic (exact) mass is 261 g/mol. The molecule has 0 fully saturated rings. The molecule has 0 aliphatic heterocycles. The van der Waals surface area contributed by atoms with Gasteiger partial charge in [0.05, 0.1) is 14.2 Å². The van der Waals surface area contributed by atoms with Crippen molar-refractivity contribution in [2.24, 2.45) is 0 Å². The Balaban J connectivity index is 2.27. The third kappa shape index (κ3) is 2.71.